The Labute approximate surface area is 216 Å². The van der Waals surface area contributed by atoms with Crippen molar-refractivity contribution in [2.45, 2.75) is 31.5 Å². The molecule has 3 saturated heterocycles. The van der Waals surface area contributed by atoms with Crippen LogP contribution in [0.5, 0.6) is 0 Å². The standard InChI is InChI=1S/C30H31N4O3/c35-30(28(23-10-4-1-5-11-23)31-25-14-8-3-9-15-25)36-26-20-34(18-16-22(26)17-19-34)21-27-32-33-29(37-27)24-12-6-2-7-13-24/h1-15,22,26,28,31H,16-21H2/q+1/t22?,26-,28+,34?/m0/s1. The number of carbonyl (C=O) groups is 1. The number of piperidine rings is 3. The van der Waals surface area contributed by atoms with Gasteiger partial charge in [0.2, 0.25) is 5.89 Å². The van der Waals surface area contributed by atoms with Gasteiger partial charge in [-0.05, 0) is 29.8 Å². The van der Waals surface area contributed by atoms with Crippen molar-refractivity contribution < 1.29 is 18.4 Å². The highest BCUT2D eigenvalue weighted by Crippen LogP contribution is 2.38. The number of rotatable bonds is 8. The monoisotopic (exact) mass is 495 g/mol. The van der Waals surface area contributed by atoms with Gasteiger partial charge in [0.1, 0.15) is 6.54 Å². The maximum absolute atomic E-state index is 13.6. The van der Waals surface area contributed by atoms with E-state index in [4.69, 9.17) is 9.15 Å². The average molecular weight is 496 g/mol. The van der Waals surface area contributed by atoms with E-state index in [1.54, 1.807) is 0 Å². The molecular weight excluding hydrogens is 464 g/mol. The number of para-hydroxylation sites is 1. The molecule has 37 heavy (non-hydrogen) atoms. The molecule has 3 aromatic carbocycles. The Kier molecular flexibility index (Phi) is 6.45. The van der Waals surface area contributed by atoms with Crippen LogP contribution in [0.2, 0.25) is 0 Å². The van der Waals surface area contributed by atoms with E-state index in [9.17, 15) is 4.79 Å². The first-order valence-electron chi connectivity index (χ1n) is 13.0. The molecule has 2 atom stereocenters. The molecule has 0 unspecified atom stereocenters. The molecule has 7 heteroatoms. The molecular formula is C30H31N4O3+. The predicted molar refractivity (Wildman–Crippen MR) is 140 cm³/mol. The fourth-order valence-electron chi connectivity index (χ4n) is 5.72. The van der Waals surface area contributed by atoms with Gasteiger partial charge in [0, 0.05) is 30.0 Å². The molecule has 1 N–H and O–H groups in total. The number of anilines is 1. The van der Waals surface area contributed by atoms with Crippen molar-refractivity contribution in [2.75, 3.05) is 25.0 Å². The van der Waals surface area contributed by atoms with E-state index in [1.165, 1.54) is 0 Å². The summed E-state index contributed by atoms with van der Waals surface area (Å²) in [5.41, 5.74) is 2.69. The third-order valence-electron chi connectivity index (χ3n) is 7.72. The lowest BCUT2D eigenvalue weighted by Crippen LogP contribution is -2.64. The number of fused-ring (bicyclic) bond motifs is 3. The van der Waals surface area contributed by atoms with Gasteiger partial charge in [-0.2, -0.15) is 0 Å². The SMILES string of the molecule is O=C(O[C@H]1C[N+]2(Cc3nnc(-c4ccccc4)o3)CCC1CC2)[C@H](Nc1ccccc1)c1ccccc1. The molecule has 4 aromatic rings. The minimum atomic E-state index is -0.572. The van der Waals surface area contributed by atoms with Crippen LogP contribution in [-0.2, 0) is 16.1 Å². The van der Waals surface area contributed by atoms with Gasteiger partial charge in [0.25, 0.3) is 5.89 Å². The topological polar surface area (TPSA) is 77.2 Å². The summed E-state index contributed by atoms with van der Waals surface area (Å²) >= 11 is 0. The second-order valence-corrected chi connectivity index (χ2v) is 10.2. The van der Waals surface area contributed by atoms with Crippen LogP contribution in [0, 0.1) is 5.92 Å². The Morgan fingerprint density at radius 3 is 2.27 bits per heavy atom. The molecule has 0 saturated carbocycles. The van der Waals surface area contributed by atoms with Crippen LogP contribution in [0.4, 0.5) is 5.69 Å². The second kappa shape index (κ2) is 10.2. The summed E-state index contributed by atoms with van der Waals surface area (Å²) in [6, 6.07) is 28.8. The average Bonchev–Trinajstić information content (AvgIpc) is 3.41. The molecule has 188 valence electrons. The van der Waals surface area contributed by atoms with Gasteiger partial charge in [-0.3, -0.25) is 0 Å². The number of nitrogens with zero attached hydrogens (tertiary/aromatic N) is 3. The molecule has 0 spiro atoms. The minimum Gasteiger partial charge on any atom is -0.454 e. The maximum atomic E-state index is 13.6. The molecule has 1 aromatic heterocycles. The van der Waals surface area contributed by atoms with Crippen LogP contribution >= 0.6 is 0 Å². The third kappa shape index (κ3) is 5.13. The van der Waals surface area contributed by atoms with Crippen LogP contribution in [0.15, 0.2) is 95.4 Å². The first kappa shape index (κ1) is 23.4. The van der Waals surface area contributed by atoms with Gasteiger partial charge in [-0.15, -0.1) is 10.2 Å². The van der Waals surface area contributed by atoms with Crippen molar-refractivity contribution in [3.05, 3.63) is 102 Å². The van der Waals surface area contributed by atoms with Crippen LogP contribution < -0.4 is 5.32 Å². The molecule has 7 rings (SSSR count). The first-order valence-corrected chi connectivity index (χ1v) is 13.0. The normalized spacial score (nSPS) is 23.4. The van der Waals surface area contributed by atoms with E-state index < -0.39 is 6.04 Å². The van der Waals surface area contributed by atoms with Gasteiger partial charge in [0.15, 0.2) is 18.7 Å². The number of esters is 1. The lowest BCUT2D eigenvalue weighted by atomic mass is 9.83. The number of ether oxygens (including phenoxy) is 1. The quantitative estimate of drug-likeness (QED) is 0.266. The molecule has 0 amide bonds. The number of nitrogens with one attached hydrogen (secondary N) is 1. The van der Waals surface area contributed by atoms with E-state index in [0.29, 0.717) is 24.2 Å². The summed E-state index contributed by atoms with van der Waals surface area (Å²) in [5, 5.41) is 12.0. The highest BCUT2D eigenvalue weighted by atomic mass is 16.5. The number of quaternary nitrogens is 1. The zero-order chi connectivity index (χ0) is 25.1. The van der Waals surface area contributed by atoms with Gasteiger partial charge in [-0.1, -0.05) is 66.7 Å². The molecule has 0 aliphatic carbocycles. The van der Waals surface area contributed by atoms with E-state index in [-0.39, 0.29) is 12.1 Å². The molecule has 7 nitrogen and oxygen atoms in total. The molecule has 0 radical (unpaired) electrons. The second-order valence-electron chi connectivity index (χ2n) is 10.2. The lowest BCUT2D eigenvalue weighted by molar-refractivity contribution is -0.959. The van der Waals surface area contributed by atoms with E-state index in [1.807, 2.05) is 91.0 Å². The summed E-state index contributed by atoms with van der Waals surface area (Å²) in [5.74, 6) is 1.33. The van der Waals surface area contributed by atoms with Gasteiger partial charge in [-0.25, -0.2) is 4.79 Å². The fraction of sp³-hybridized carbons (Fsp3) is 0.300. The Balaban J connectivity index is 1.17. The Morgan fingerprint density at radius 1 is 0.919 bits per heavy atom. The zero-order valence-corrected chi connectivity index (χ0v) is 20.7. The number of benzene rings is 3. The van der Waals surface area contributed by atoms with Crippen LogP contribution in [-0.4, -0.2) is 46.4 Å². The predicted octanol–water partition coefficient (Wildman–Crippen LogP) is 5.24. The first-order chi connectivity index (χ1) is 18.2. The lowest BCUT2D eigenvalue weighted by Gasteiger charge is -2.51. The van der Waals surface area contributed by atoms with E-state index in [2.05, 4.69) is 15.5 Å². The van der Waals surface area contributed by atoms with Crippen LogP contribution in [0.1, 0.15) is 30.3 Å². The Morgan fingerprint density at radius 2 is 1.57 bits per heavy atom. The van der Waals surface area contributed by atoms with Gasteiger partial charge in [0.05, 0.1) is 13.1 Å². The fourth-order valence-corrected chi connectivity index (χ4v) is 5.72. The van der Waals surface area contributed by atoms with Crippen molar-refractivity contribution in [3.8, 4) is 11.5 Å². The van der Waals surface area contributed by atoms with Crippen molar-refractivity contribution >= 4 is 11.7 Å². The Hall–Kier alpha value is -3.97. The van der Waals surface area contributed by atoms with Crippen LogP contribution in [0.25, 0.3) is 11.5 Å². The molecule has 2 bridgehead atoms. The van der Waals surface area contributed by atoms with Gasteiger partial charge < -0.3 is 19.0 Å². The summed E-state index contributed by atoms with van der Waals surface area (Å²) in [6.07, 6.45) is 1.93. The van der Waals surface area contributed by atoms with Gasteiger partial charge >= 0.3 is 5.97 Å². The van der Waals surface area contributed by atoms with Crippen molar-refractivity contribution in [3.63, 3.8) is 0 Å². The highest BCUT2D eigenvalue weighted by Gasteiger charge is 2.49. The smallest absolute Gasteiger partial charge is 0.333 e. The van der Waals surface area contributed by atoms with Crippen molar-refractivity contribution in [2.24, 2.45) is 5.92 Å². The summed E-state index contributed by atoms with van der Waals surface area (Å²) in [4.78, 5) is 13.6. The number of hydrogen-bond donors (Lipinski definition) is 1. The number of aromatic nitrogens is 2. The van der Waals surface area contributed by atoms with Crippen molar-refractivity contribution in [1.82, 2.24) is 10.2 Å². The maximum Gasteiger partial charge on any atom is 0.333 e. The van der Waals surface area contributed by atoms with Crippen LogP contribution in [0.3, 0.4) is 0 Å². The molecule has 3 fully saturated rings. The number of carbonyl (C=O) groups excluding carboxylic acids is 1. The molecule has 3 aliphatic rings. The minimum absolute atomic E-state index is 0.129. The van der Waals surface area contributed by atoms with E-state index in [0.717, 1.165) is 53.8 Å². The van der Waals surface area contributed by atoms with Crippen molar-refractivity contribution in [1.29, 1.82) is 0 Å². The third-order valence-corrected chi connectivity index (χ3v) is 7.72. The summed E-state index contributed by atoms with van der Waals surface area (Å²) < 4.78 is 13.1. The Bertz CT molecular complexity index is 1320. The molecule has 4 heterocycles. The molecule has 3 aliphatic heterocycles. The zero-order valence-electron chi connectivity index (χ0n) is 20.7. The summed E-state index contributed by atoms with van der Waals surface area (Å²) in [6.45, 7) is 3.50. The highest BCUT2D eigenvalue weighted by molar-refractivity contribution is 5.81. The largest absolute Gasteiger partial charge is 0.454 e. The summed E-state index contributed by atoms with van der Waals surface area (Å²) in [7, 11) is 0. The number of hydrogen-bond acceptors (Lipinski definition) is 6. The van der Waals surface area contributed by atoms with E-state index >= 15 is 0 Å².